The van der Waals surface area contributed by atoms with E-state index in [0.29, 0.717) is 38.4 Å². The van der Waals surface area contributed by atoms with Crippen molar-refractivity contribution in [1.82, 2.24) is 4.31 Å². The number of nitrogens with zero attached hydrogens (tertiary/aromatic N) is 2. The second-order valence-electron chi connectivity index (χ2n) is 6.68. The standard InChI is InChI=1S/C22H26N2O5S/c1-3-24(19-7-5-4-6-8-19)22(25)12-10-18-9-11-20(28-2)21(17-18)30(26,27)23-13-15-29-16-14-23/h4-12,17H,3,13-16H2,1-2H3. The normalized spacial score (nSPS) is 15.3. The predicted octanol–water partition coefficient (Wildman–Crippen LogP) is 2.78. The van der Waals surface area contributed by atoms with E-state index in [9.17, 15) is 13.2 Å². The number of anilines is 1. The lowest BCUT2D eigenvalue weighted by molar-refractivity contribution is -0.114. The third-order valence-corrected chi connectivity index (χ3v) is 6.76. The first kappa shape index (κ1) is 22.0. The molecule has 2 aromatic rings. The van der Waals surface area contributed by atoms with Gasteiger partial charge in [-0.15, -0.1) is 0 Å². The van der Waals surface area contributed by atoms with Gasteiger partial charge in [0.15, 0.2) is 0 Å². The Balaban J connectivity index is 1.86. The van der Waals surface area contributed by atoms with Crippen LogP contribution in [-0.4, -0.2) is 58.6 Å². The number of methoxy groups -OCH3 is 1. The summed E-state index contributed by atoms with van der Waals surface area (Å²) in [5, 5.41) is 0. The van der Waals surface area contributed by atoms with Crippen LogP contribution in [-0.2, 0) is 19.6 Å². The van der Waals surface area contributed by atoms with E-state index in [1.165, 1.54) is 23.6 Å². The first-order valence-electron chi connectivity index (χ1n) is 9.78. The molecule has 2 aromatic carbocycles. The maximum Gasteiger partial charge on any atom is 0.250 e. The molecule has 7 nitrogen and oxygen atoms in total. The van der Waals surface area contributed by atoms with Gasteiger partial charge in [-0.1, -0.05) is 24.3 Å². The van der Waals surface area contributed by atoms with Gasteiger partial charge in [0, 0.05) is 31.4 Å². The molecule has 160 valence electrons. The SMILES string of the molecule is CCN(C(=O)C=Cc1ccc(OC)c(S(=O)(=O)N2CCOCC2)c1)c1ccccc1. The van der Waals surface area contributed by atoms with Crippen LogP contribution < -0.4 is 9.64 Å². The molecule has 0 aliphatic carbocycles. The van der Waals surface area contributed by atoms with Crippen molar-refractivity contribution in [3.8, 4) is 5.75 Å². The molecule has 1 fully saturated rings. The average molecular weight is 431 g/mol. The van der Waals surface area contributed by atoms with Crippen molar-refractivity contribution in [2.45, 2.75) is 11.8 Å². The number of carbonyl (C=O) groups excluding carboxylic acids is 1. The molecule has 8 heteroatoms. The zero-order valence-corrected chi connectivity index (χ0v) is 18.0. The number of amides is 1. The van der Waals surface area contributed by atoms with Crippen molar-refractivity contribution in [1.29, 1.82) is 0 Å². The van der Waals surface area contributed by atoms with E-state index in [1.807, 2.05) is 37.3 Å². The fourth-order valence-electron chi connectivity index (χ4n) is 3.26. The maximum atomic E-state index is 13.1. The van der Waals surface area contributed by atoms with Gasteiger partial charge in [0.05, 0.1) is 20.3 Å². The molecule has 0 radical (unpaired) electrons. The molecule has 0 spiro atoms. The number of rotatable bonds is 7. The lowest BCUT2D eigenvalue weighted by Crippen LogP contribution is -2.40. The first-order chi connectivity index (χ1) is 14.5. The fraction of sp³-hybridized carbons (Fsp3) is 0.318. The Morgan fingerprint density at radius 1 is 1.17 bits per heavy atom. The van der Waals surface area contributed by atoms with E-state index >= 15 is 0 Å². The Labute approximate surface area is 177 Å². The molecule has 0 bridgehead atoms. The second-order valence-corrected chi connectivity index (χ2v) is 8.58. The van der Waals surface area contributed by atoms with Crippen LogP contribution in [0.15, 0.2) is 59.5 Å². The van der Waals surface area contributed by atoms with E-state index in [1.54, 1.807) is 23.1 Å². The van der Waals surface area contributed by atoms with Gasteiger partial charge >= 0.3 is 0 Å². The van der Waals surface area contributed by atoms with Crippen molar-refractivity contribution in [3.05, 3.63) is 60.2 Å². The van der Waals surface area contributed by atoms with E-state index in [4.69, 9.17) is 9.47 Å². The third-order valence-electron chi connectivity index (χ3n) is 4.84. The summed E-state index contributed by atoms with van der Waals surface area (Å²) in [6.45, 7) is 3.74. The summed E-state index contributed by atoms with van der Waals surface area (Å²) in [6, 6.07) is 14.2. The largest absolute Gasteiger partial charge is 0.495 e. The van der Waals surface area contributed by atoms with Crippen molar-refractivity contribution >= 4 is 27.7 Å². The molecule has 3 rings (SSSR count). The van der Waals surface area contributed by atoms with Gasteiger partial charge in [0.2, 0.25) is 10.0 Å². The molecule has 1 aliphatic heterocycles. The molecular formula is C22H26N2O5S. The monoisotopic (exact) mass is 430 g/mol. The molecular weight excluding hydrogens is 404 g/mol. The van der Waals surface area contributed by atoms with Crippen LogP contribution in [0.2, 0.25) is 0 Å². The minimum absolute atomic E-state index is 0.0805. The van der Waals surface area contributed by atoms with E-state index in [-0.39, 0.29) is 16.6 Å². The lowest BCUT2D eigenvalue weighted by atomic mass is 10.2. The summed E-state index contributed by atoms with van der Waals surface area (Å²) in [5.41, 5.74) is 1.40. The highest BCUT2D eigenvalue weighted by Gasteiger charge is 2.29. The molecule has 0 unspecified atom stereocenters. The quantitative estimate of drug-likeness (QED) is 0.632. The van der Waals surface area contributed by atoms with Gasteiger partial charge in [-0.05, 0) is 42.8 Å². The van der Waals surface area contributed by atoms with Crippen molar-refractivity contribution in [2.75, 3.05) is 44.9 Å². The summed E-state index contributed by atoms with van der Waals surface area (Å²) < 4.78 is 38.1. The summed E-state index contributed by atoms with van der Waals surface area (Å²) in [6.07, 6.45) is 3.06. The minimum Gasteiger partial charge on any atom is -0.495 e. The molecule has 1 aliphatic rings. The van der Waals surface area contributed by atoms with Crippen LogP contribution in [0.25, 0.3) is 6.08 Å². The maximum absolute atomic E-state index is 13.1. The van der Waals surface area contributed by atoms with Crippen molar-refractivity contribution in [2.24, 2.45) is 0 Å². The lowest BCUT2D eigenvalue weighted by Gasteiger charge is -2.26. The summed E-state index contributed by atoms with van der Waals surface area (Å²) >= 11 is 0. The topological polar surface area (TPSA) is 76.2 Å². The number of benzene rings is 2. The van der Waals surface area contributed by atoms with E-state index in [2.05, 4.69) is 0 Å². The van der Waals surface area contributed by atoms with Crippen LogP contribution in [0, 0.1) is 0 Å². The Morgan fingerprint density at radius 3 is 2.50 bits per heavy atom. The average Bonchev–Trinajstić information content (AvgIpc) is 2.79. The highest BCUT2D eigenvalue weighted by molar-refractivity contribution is 7.89. The summed E-state index contributed by atoms with van der Waals surface area (Å²) in [7, 11) is -2.29. The molecule has 0 saturated carbocycles. The Bertz CT molecular complexity index is 999. The van der Waals surface area contributed by atoms with Gasteiger partial charge in [-0.3, -0.25) is 4.79 Å². The second kappa shape index (κ2) is 9.88. The molecule has 0 atom stereocenters. The number of ether oxygens (including phenoxy) is 2. The number of morpholine rings is 1. The molecule has 30 heavy (non-hydrogen) atoms. The fourth-order valence-corrected chi connectivity index (χ4v) is 4.85. The zero-order chi connectivity index (χ0) is 21.6. The van der Waals surface area contributed by atoms with Crippen LogP contribution in [0.1, 0.15) is 12.5 Å². The Hall–Kier alpha value is -2.68. The van der Waals surface area contributed by atoms with E-state index in [0.717, 1.165) is 5.69 Å². The molecule has 1 saturated heterocycles. The van der Waals surface area contributed by atoms with Crippen LogP contribution in [0.3, 0.4) is 0 Å². The van der Waals surface area contributed by atoms with Crippen molar-refractivity contribution < 1.29 is 22.7 Å². The van der Waals surface area contributed by atoms with Crippen LogP contribution >= 0.6 is 0 Å². The van der Waals surface area contributed by atoms with Gasteiger partial charge in [-0.25, -0.2) is 8.42 Å². The predicted molar refractivity (Wildman–Crippen MR) is 116 cm³/mol. The number of carbonyl (C=O) groups is 1. The molecule has 0 N–H and O–H groups in total. The summed E-state index contributed by atoms with van der Waals surface area (Å²) in [4.78, 5) is 14.4. The minimum atomic E-state index is -3.73. The van der Waals surface area contributed by atoms with Gasteiger partial charge in [0.25, 0.3) is 5.91 Å². The number of para-hydroxylation sites is 1. The highest BCUT2D eigenvalue weighted by Crippen LogP contribution is 2.29. The number of sulfonamides is 1. The first-order valence-corrected chi connectivity index (χ1v) is 11.2. The third kappa shape index (κ3) is 4.89. The number of likely N-dealkylation sites (N-methyl/N-ethyl adjacent to an activating group) is 1. The van der Waals surface area contributed by atoms with Crippen LogP contribution in [0.4, 0.5) is 5.69 Å². The van der Waals surface area contributed by atoms with Gasteiger partial charge in [-0.2, -0.15) is 4.31 Å². The van der Waals surface area contributed by atoms with Gasteiger partial charge < -0.3 is 14.4 Å². The zero-order valence-electron chi connectivity index (χ0n) is 17.2. The van der Waals surface area contributed by atoms with Crippen molar-refractivity contribution in [3.63, 3.8) is 0 Å². The van der Waals surface area contributed by atoms with Crippen LogP contribution in [0.5, 0.6) is 5.75 Å². The summed E-state index contributed by atoms with van der Waals surface area (Å²) in [5.74, 6) is 0.0848. The molecule has 0 aromatic heterocycles. The number of hydrogen-bond acceptors (Lipinski definition) is 5. The smallest absolute Gasteiger partial charge is 0.250 e. The van der Waals surface area contributed by atoms with Gasteiger partial charge in [0.1, 0.15) is 10.6 Å². The Kier molecular flexibility index (Phi) is 7.25. The molecule has 1 heterocycles. The Morgan fingerprint density at radius 2 is 1.87 bits per heavy atom. The highest BCUT2D eigenvalue weighted by atomic mass is 32.2. The molecule has 1 amide bonds. The number of hydrogen-bond donors (Lipinski definition) is 0. The van der Waals surface area contributed by atoms with E-state index < -0.39 is 10.0 Å².